The summed E-state index contributed by atoms with van der Waals surface area (Å²) in [5.74, 6) is -0.722. The summed E-state index contributed by atoms with van der Waals surface area (Å²) in [7, 11) is -1.90. The van der Waals surface area contributed by atoms with Crippen LogP contribution in [-0.4, -0.2) is 33.7 Å². The summed E-state index contributed by atoms with van der Waals surface area (Å²) in [6.07, 6.45) is 0.135. The van der Waals surface area contributed by atoms with Crippen LogP contribution < -0.4 is 15.4 Å². The normalized spacial score (nSPS) is 18.6. The molecule has 2 rings (SSSR count). The molecule has 0 saturated carbocycles. The molecule has 1 aliphatic rings. The molecule has 1 heterocycles. The van der Waals surface area contributed by atoms with Gasteiger partial charge in [0.15, 0.2) is 0 Å². The second kappa shape index (κ2) is 5.71. The van der Waals surface area contributed by atoms with Crippen LogP contribution in [0.1, 0.15) is 12.0 Å². The maximum Gasteiger partial charge on any atom is 0.227 e. The van der Waals surface area contributed by atoms with E-state index in [0.29, 0.717) is 16.9 Å². The summed E-state index contributed by atoms with van der Waals surface area (Å²) >= 11 is 0. The highest BCUT2D eigenvalue weighted by molar-refractivity contribution is 7.89. The molecule has 0 aliphatic carbocycles. The van der Waals surface area contributed by atoms with E-state index in [1.54, 1.807) is 25.2 Å². The van der Waals surface area contributed by atoms with Gasteiger partial charge in [-0.25, -0.2) is 13.6 Å². The zero-order chi connectivity index (χ0) is 15.6. The van der Waals surface area contributed by atoms with E-state index in [0.717, 1.165) is 0 Å². The SMILES string of the molecule is CNc1ccc(C#N)cc1N1CC(CS(N)(=O)=O)CC1=O. The summed E-state index contributed by atoms with van der Waals surface area (Å²) in [4.78, 5) is 13.6. The van der Waals surface area contributed by atoms with Gasteiger partial charge in [-0.3, -0.25) is 4.79 Å². The zero-order valence-corrected chi connectivity index (χ0v) is 12.4. The molecule has 0 spiro atoms. The Morgan fingerprint density at radius 2 is 2.24 bits per heavy atom. The maximum absolute atomic E-state index is 12.1. The van der Waals surface area contributed by atoms with Gasteiger partial charge in [-0.2, -0.15) is 5.26 Å². The molecule has 0 radical (unpaired) electrons. The Bertz CT molecular complexity index is 709. The smallest absolute Gasteiger partial charge is 0.227 e. The van der Waals surface area contributed by atoms with Gasteiger partial charge < -0.3 is 10.2 Å². The molecule has 112 valence electrons. The molecule has 1 unspecified atom stereocenters. The number of nitrogens with zero attached hydrogens (tertiary/aromatic N) is 2. The molecule has 21 heavy (non-hydrogen) atoms. The van der Waals surface area contributed by atoms with Crippen molar-refractivity contribution in [2.24, 2.45) is 11.1 Å². The average molecular weight is 308 g/mol. The Balaban J connectivity index is 2.30. The van der Waals surface area contributed by atoms with E-state index in [4.69, 9.17) is 10.4 Å². The first-order valence-electron chi connectivity index (χ1n) is 6.37. The fourth-order valence-electron chi connectivity index (χ4n) is 2.49. The van der Waals surface area contributed by atoms with E-state index in [-0.39, 0.29) is 30.5 Å². The highest BCUT2D eigenvalue weighted by Gasteiger charge is 2.33. The lowest BCUT2D eigenvalue weighted by molar-refractivity contribution is -0.117. The molecule has 1 aromatic carbocycles. The van der Waals surface area contributed by atoms with Gasteiger partial charge in [0.25, 0.3) is 0 Å². The number of nitriles is 1. The van der Waals surface area contributed by atoms with Crippen molar-refractivity contribution < 1.29 is 13.2 Å². The van der Waals surface area contributed by atoms with Crippen LogP contribution in [0.25, 0.3) is 0 Å². The van der Waals surface area contributed by atoms with Crippen LogP contribution >= 0.6 is 0 Å². The molecule has 1 atom stereocenters. The number of anilines is 2. The van der Waals surface area contributed by atoms with Gasteiger partial charge in [0.2, 0.25) is 15.9 Å². The van der Waals surface area contributed by atoms with Crippen molar-refractivity contribution in [3.63, 3.8) is 0 Å². The van der Waals surface area contributed by atoms with Crippen LogP contribution in [0.15, 0.2) is 18.2 Å². The molecule has 1 aromatic rings. The summed E-state index contributed by atoms with van der Waals surface area (Å²) < 4.78 is 22.3. The molecule has 7 nitrogen and oxygen atoms in total. The minimum atomic E-state index is -3.61. The number of rotatable bonds is 4. The van der Waals surface area contributed by atoms with Gasteiger partial charge in [0, 0.05) is 25.9 Å². The monoisotopic (exact) mass is 308 g/mol. The standard InChI is InChI=1S/C13H16N4O3S/c1-16-11-3-2-9(6-14)4-12(11)17-7-10(5-13(17)18)8-21(15,19)20/h2-4,10,16H,5,7-8H2,1H3,(H2,15,19,20). The Morgan fingerprint density at radius 1 is 1.52 bits per heavy atom. The molecule has 1 fully saturated rings. The fourth-order valence-corrected chi connectivity index (χ4v) is 3.37. The first kappa shape index (κ1) is 15.3. The van der Waals surface area contributed by atoms with E-state index in [1.807, 2.05) is 6.07 Å². The number of hydrogen-bond acceptors (Lipinski definition) is 5. The van der Waals surface area contributed by atoms with Crippen molar-refractivity contribution in [2.75, 3.05) is 29.6 Å². The third-order valence-corrected chi connectivity index (χ3v) is 4.30. The minimum absolute atomic E-state index is 0.135. The first-order valence-corrected chi connectivity index (χ1v) is 8.08. The van der Waals surface area contributed by atoms with Crippen LogP contribution in [0.5, 0.6) is 0 Å². The van der Waals surface area contributed by atoms with E-state index in [9.17, 15) is 13.2 Å². The molecular formula is C13H16N4O3S. The molecule has 0 bridgehead atoms. The Hall–Kier alpha value is -2.11. The van der Waals surface area contributed by atoms with Gasteiger partial charge in [-0.05, 0) is 18.2 Å². The summed E-state index contributed by atoms with van der Waals surface area (Å²) in [6.45, 7) is 0.277. The minimum Gasteiger partial charge on any atom is -0.386 e. The molecule has 8 heteroatoms. The number of benzene rings is 1. The van der Waals surface area contributed by atoms with Gasteiger partial charge in [0.05, 0.1) is 28.8 Å². The number of hydrogen-bond donors (Lipinski definition) is 2. The van der Waals surface area contributed by atoms with Crippen LogP contribution in [-0.2, 0) is 14.8 Å². The predicted molar refractivity (Wildman–Crippen MR) is 79.1 cm³/mol. The predicted octanol–water partition coefficient (Wildman–Crippen LogP) is 0.241. The van der Waals surface area contributed by atoms with Crippen molar-refractivity contribution >= 4 is 27.3 Å². The molecule has 0 aromatic heterocycles. The van der Waals surface area contributed by atoms with Gasteiger partial charge in [0.1, 0.15) is 0 Å². The van der Waals surface area contributed by atoms with Gasteiger partial charge >= 0.3 is 0 Å². The largest absolute Gasteiger partial charge is 0.386 e. The summed E-state index contributed by atoms with van der Waals surface area (Å²) in [5.41, 5.74) is 1.73. The van der Waals surface area contributed by atoms with E-state index >= 15 is 0 Å². The number of carbonyl (C=O) groups is 1. The second-order valence-electron chi connectivity index (χ2n) is 5.00. The van der Waals surface area contributed by atoms with E-state index in [1.165, 1.54) is 4.90 Å². The van der Waals surface area contributed by atoms with Crippen molar-refractivity contribution in [3.05, 3.63) is 23.8 Å². The van der Waals surface area contributed by atoms with Crippen molar-refractivity contribution in [1.82, 2.24) is 0 Å². The van der Waals surface area contributed by atoms with Crippen molar-refractivity contribution in [1.29, 1.82) is 5.26 Å². The summed E-state index contributed by atoms with van der Waals surface area (Å²) in [6, 6.07) is 7.01. The van der Waals surface area contributed by atoms with Crippen LogP contribution in [0.4, 0.5) is 11.4 Å². The number of amides is 1. The van der Waals surface area contributed by atoms with Gasteiger partial charge in [-0.15, -0.1) is 0 Å². The molecule has 3 N–H and O–H groups in total. The van der Waals surface area contributed by atoms with Crippen LogP contribution in [0.3, 0.4) is 0 Å². The third kappa shape index (κ3) is 3.51. The Kier molecular flexibility index (Phi) is 4.16. The van der Waals surface area contributed by atoms with Crippen LogP contribution in [0.2, 0.25) is 0 Å². The number of primary sulfonamides is 1. The van der Waals surface area contributed by atoms with Crippen molar-refractivity contribution in [2.45, 2.75) is 6.42 Å². The molecule has 1 amide bonds. The topological polar surface area (TPSA) is 116 Å². The van der Waals surface area contributed by atoms with Crippen LogP contribution in [0, 0.1) is 17.2 Å². The quantitative estimate of drug-likeness (QED) is 0.826. The lowest BCUT2D eigenvalue weighted by Crippen LogP contribution is -2.28. The van der Waals surface area contributed by atoms with Gasteiger partial charge in [-0.1, -0.05) is 0 Å². The third-order valence-electron chi connectivity index (χ3n) is 3.36. The number of sulfonamides is 1. The Morgan fingerprint density at radius 3 is 2.81 bits per heavy atom. The Labute approximate surface area is 123 Å². The highest BCUT2D eigenvalue weighted by Crippen LogP contribution is 2.32. The fraction of sp³-hybridized carbons (Fsp3) is 0.385. The average Bonchev–Trinajstić information content (AvgIpc) is 2.76. The van der Waals surface area contributed by atoms with Crippen molar-refractivity contribution in [3.8, 4) is 6.07 Å². The number of nitrogens with one attached hydrogen (secondary N) is 1. The lowest BCUT2D eigenvalue weighted by Gasteiger charge is -2.20. The maximum atomic E-state index is 12.1. The molecular weight excluding hydrogens is 292 g/mol. The second-order valence-corrected chi connectivity index (χ2v) is 6.66. The summed E-state index contributed by atoms with van der Waals surface area (Å²) in [5, 5.41) is 17.0. The first-order chi connectivity index (χ1) is 9.84. The van der Waals surface area contributed by atoms with E-state index in [2.05, 4.69) is 5.32 Å². The zero-order valence-electron chi connectivity index (χ0n) is 11.5. The molecule has 1 saturated heterocycles. The number of nitrogens with two attached hydrogens (primary N) is 1. The van der Waals surface area contributed by atoms with E-state index < -0.39 is 10.0 Å². The number of carbonyl (C=O) groups excluding carboxylic acids is 1. The molecule has 1 aliphatic heterocycles. The highest BCUT2D eigenvalue weighted by atomic mass is 32.2. The lowest BCUT2D eigenvalue weighted by atomic mass is 10.1.